The van der Waals surface area contributed by atoms with Gasteiger partial charge in [-0.25, -0.2) is 0 Å². The van der Waals surface area contributed by atoms with E-state index in [9.17, 15) is 0 Å². The molecule has 0 unspecified atom stereocenters. The van der Waals surface area contributed by atoms with Crippen molar-refractivity contribution in [2.75, 3.05) is 23.8 Å². The van der Waals surface area contributed by atoms with Gasteiger partial charge in [-0.1, -0.05) is 62.5 Å². The van der Waals surface area contributed by atoms with E-state index in [0.717, 1.165) is 17.8 Å². The Morgan fingerprint density at radius 3 is 2.56 bits per heavy atom. The van der Waals surface area contributed by atoms with E-state index in [0.29, 0.717) is 0 Å². The highest BCUT2D eigenvalue weighted by atomic mass is 32.2. The molecule has 0 fully saturated rings. The fourth-order valence-electron chi connectivity index (χ4n) is 3.24. The largest absolute Gasteiger partial charge is 0.388 e. The molecule has 1 aliphatic rings. The SMILES string of the molecule is C=C(/C=C1\Sc2ccccc2N1CC)C(C)(C)c1ccccc1NC. The van der Waals surface area contributed by atoms with Gasteiger partial charge >= 0.3 is 0 Å². The maximum absolute atomic E-state index is 4.43. The number of benzene rings is 2. The van der Waals surface area contributed by atoms with Crippen molar-refractivity contribution in [3.05, 3.63) is 77.4 Å². The summed E-state index contributed by atoms with van der Waals surface area (Å²) in [6.45, 7) is 12.1. The summed E-state index contributed by atoms with van der Waals surface area (Å²) in [5, 5.41) is 4.56. The monoisotopic (exact) mass is 350 g/mol. The first kappa shape index (κ1) is 17.7. The lowest BCUT2D eigenvalue weighted by Gasteiger charge is -2.29. The van der Waals surface area contributed by atoms with E-state index in [1.54, 1.807) is 0 Å². The summed E-state index contributed by atoms with van der Waals surface area (Å²) >= 11 is 1.83. The number of hydrogen-bond acceptors (Lipinski definition) is 3. The number of rotatable bonds is 5. The zero-order valence-corrected chi connectivity index (χ0v) is 16.3. The molecule has 0 saturated heterocycles. The molecule has 0 aromatic heterocycles. The first-order valence-corrected chi connectivity index (χ1v) is 9.53. The van der Waals surface area contributed by atoms with Crippen molar-refractivity contribution in [1.82, 2.24) is 0 Å². The van der Waals surface area contributed by atoms with Crippen molar-refractivity contribution in [3.8, 4) is 0 Å². The molecule has 130 valence electrons. The van der Waals surface area contributed by atoms with Crippen LogP contribution in [-0.2, 0) is 5.41 Å². The molecule has 0 spiro atoms. The standard InChI is InChI=1S/C22H26N2S/c1-6-24-19-13-9-10-14-20(19)25-21(24)15-16(2)22(3,4)17-11-7-8-12-18(17)23-5/h7-15,23H,2,6H2,1,3-5H3/b21-15-. The van der Waals surface area contributed by atoms with Gasteiger partial charge in [0.15, 0.2) is 0 Å². The number of anilines is 2. The van der Waals surface area contributed by atoms with Gasteiger partial charge in [0, 0.05) is 29.6 Å². The quantitative estimate of drug-likeness (QED) is 0.708. The summed E-state index contributed by atoms with van der Waals surface area (Å²) in [4.78, 5) is 3.68. The number of allylic oxidation sites excluding steroid dienone is 2. The molecule has 0 amide bonds. The number of para-hydroxylation sites is 2. The number of nitrogens with one attached hydrogen (secondary N) is 1. The highest BCUT2D eigenvalue weighted by Gasteiger charge is 2.29. The predicted molar refractivity (Wildman–Crippen MR) is 112 cm³/mol. The Morgan fingerprint density at radius 2 is 1.84 bits per heavy atom. The summed E-state index contributed by atoms with van der Waals surface area (Å²) < 4.78 is 0. The molecule has 0 saturated carbocycles. The fourth-order valence-corrected chi connectivity index (χ4v) is 4.43. The van der Waals surface area contributed by atoms with Gasteiger partial charge in [-0.15, -0.1) is 0 Å². The minimum Gasteiger partial charge on any atom is -0.388 e. The Bertz CT molecular complexity index is 820. The van der Waals surface area contributed by atoms with E-state index in [1.165, 1.54) is 21.2 Å². The maximum atomic E-state index is 4.43. The van der Waals surface area contributed by atoms with Crippen LogP contribution in [0.3, 0.4) is 0 Å². The van der Waals surface area contributed by atoms with E-state index in [2.05, 4.69) is 92.2 Å². The van der Waals surface area contributed by atoms with Gasteiger partial charge in [0.25, 0.3) is 0 Å². The van der Waals surface area contributed by atoms with E-state index in [-0.39, 0.29) is 5.41 Å². The van der Waals surface area contributed by atoms with Gasteiger partial charge in [-0.2, -0.15) is 0 Å². The van der Waals surface area contributed by atoms with Crippen molar-refractivity contribution in [2.24, 2.45) is 0 Å². The predicted octanol–water partition coefficient (Wildman–Crippen LogP) is 6.04. The lowest BCUT2D eigenvalue weighted by atomic mass is 9.77. The fraction of sp³-hybridized carbons (Fsp3) is 0.273. The normalized spacial score (nSPS) is 15.4. The van der Waals surface area contributed by atoms with E-state index in [4.69, 9.17) is 0 Å². The highest BCUT2D eigenvalue weighted by Crippen LogP contribution is 2.47. The molecule has 0 radical (unpaired) electrons. The molecule has 1 heterocycles. The van der Waals surface area contributed by atoms with Crippen molar-refractivity contribution in [3.63, 3.8) is 0 Å². The molecule has 0 bridgehead atoms. The van der Waals surface area contributed by atoms with Crippen LogP contribution in [0.4, 0.5) is 11.4 Å². The van der Waals surface area contributed by atoms with Gasteiger partial charge in [0.2, 0.25) is 0 Å². The third kappa shape index (κ3) is 3.21. The van der Waals surface area contributed by atoms with Crippen LogP contribution in [0.15, 0.2) is 76.7 Å². The van der Waals surface area contributed by atoms with Crippen LogP contribution in [0.25, 0.3) is 0 Å². The second kappa shape index (κ2) is 7.01. The third-order valence-corrected chi connectivity index (χ3v) is 6.04. The first-order chi connectivity index (χ1) is 12.0. The summed E-state index contributed by atoms with van der Waals surface area (Å²) in [6.07, 6.45) is 2.25. The van der Waals surface area contributed by atoms with Gasteiger partial charge < -0.3 is 10.2 Å². The summed E-state index contributed by atoms with van der Waals surface area (Å²) in [7, 11) is 1.97. The molecule has 1 N–H and O–H groups in total. The van der Waals surface area contributed by atoms with Crippen LogP contribution in [0.2, 0.25) is 0 Å². The molecular weight excluding hydrogens is 324 g/mol. The zero-order valence-electron chi connectivity index (χ0n) is 15.5. The van der Waals surface area contributed by atoms with Crippen molar-refractivity contribution in [2.45, 2.75) is 31.1 Å². The number of thioether (sulfide) groups is 1. The minimum atomic E-state index is -0.151. The second-order valence-corrected chi connectivity index (χ2v) is 7.80. The lowest BCUT2D eigenvalue weighted by molar-refractivity contribution is 0.643. The summed E-state index contributed by atoms with van der Waals surface area (Å²) in [6, 6.07) is 17.0. The van der Waals surface area contributed by atoms with Gasteiger partial charge in [-0.05, 0) is 42.3 Å². The Labute approximate surface area is 155 Å². The van der Waals surface area contributed by atoms with E-state index >= 15 is 0 Å². The molecule has 0 atom stereocenters. The first-order valence-electron chi connectivity index (χ1n) is 8.71. The van der Waals surface area contributed by atoms with Crippen LogP contribution >= 0.6 is 11.8 Å². The molecule has 3 heteroatoms. The molecule has 3 rings (SSSR count). The number of nitrogens with zero attached hydrogens (tertiary/aromatic N) is 1. The molecule has 2 aromatic carbocycles. The molecular formula is C22H26N2S. The van der Waals surface area contributed by atoms with E-state index < -0.39 is 0 Å². The van der Waals surface area contributed by atoms with Crippen LogP contribution in [0.5, 0.6) is 0 Å². The Kier molecular flexibility index (Phi) is 4.96. The number of hydrogen-bond donors (Lipinski definition) is 1. The third-order valence-electron chi connectivity index (χ3n) is 4.92. The minimum absolute atomic E-state index is 0.151. The number of fused-ring (bicyclic) bond motifs is 1. The molecule has 2 aromatic rings. The summed E-state index contributed by atoms with van der Waals surface area (Å²) in [5.41, 5.74) is 4.68. The van der Waals surface area contributed by atoms with Crippen molar-refractivity contribution < 1.29 is 0 Å². The average Bonchev–Trinajstić information content (AvgIpc) is 2.98. The van der Waals surface area contributed by atoms with Crippen LogP contribution in [0, 0.1) is 0 Å². The Morgan fingerprint density at radius 1 is 1.16 bits per heavy atom. The van der Waals surface area contributed by atoms with Gasteiger partial charge in [0.1, 0.15) is 0 Å². The molecule has 25 heavy (non-hydrogen) atoms. The highest BCUT2D eigenvalue weighted by molar-refractivity contribution is 8.03. The summed E-state index contributed by atoms with van der Waals surface area (Å²) in [5.74, 6) is 0. The molecule has 2 nitrogen and oxygen atoms in total. The topological polar surface area (TPSA) is 15.3 Å². The Balaban J connectivity index is 1.95. The van der Waals surface area contributed by atoms with Crippen LogP contribution in [-0.4, -0.2) is 13.6 Å². The molecule has 1 aliphatic heterocycles. The van der Waals surface area contributed by atoms with Crippen molar-refractivity contribution in [1.29, 1.82) is 0 Å². The lowest BCUT2D eigenvalue weighted by Crippen LogP contribution is -2.22. The smallest absolute Gasteiger partial charge is 0.0804 e. The van der Waals surface area contributed by atoms with Gasteiger partial charge in [-0.3, -0.25) is 0 Å². The molecule has 0 aliphatic carbocycles. The Hall–Kier alpha value is -2.13. The van der Waals surface area contributed by atoms with Gasteiger partial charge in [0.05, 0.1) is 10.7 Å². The van der Waals surface area contributed by atoms with Crippen molar-refractivity contribution >= 4 is 23.1 Å². The zero-order chi connectivity index (χ0) is 18.0. The average molecular weight is 351 g/mol. The second-order valence-electron chi connectivity index (χ2n) is 6.74. The van der Waals surface area contributed by atoms with E-state index in [1.807, 2.05) is 18.8 Å². The van der Waals surface area contributed by atoms with Crippen LogP contribution in [0.1, 0.15) is 26.3 Å². The van der Waals surface area contributed by atoms with Crippen LogP contribution < -0.4 is 10.2 Å². The maximum Gasteiger partial charge on any atom is 0.0804 e.